The predicted molar refractivity (Wildman–Crippen MR) is 90.2 cm³/mol. The standard InChI is InChI=1S/C20H31N/c1-6-21(13-16-9-7-14(2)8-10-16)19-12-17-11-18(15(19)3)20(17,4)5/h7-10,15,17-19H,6,11-13H2,1-5H3/t15-,17+,18?,19?/m1/s1. The van der Waals surface area contributed by atoms with E-state index in [0.717, 1.165) is 30.3 Å². The van der Waals surface area contributed by atoms with Crippen molar-refractivity contribution in [2.75, 3.05) is 6.54 Å². The van der Waals surface area contributed by atoms with Gasteiger partial charge in [0, 0.05) is 12.6 Å². The molecule has 21 heavy (non-hydrogen) atoms. The van der Waals surface area contributed by atoms with E-state index in [9.17, 15) is 0 Å². The molecule has 1 heteroatoms. The zero-order valence-electron chi connectivity index (χ0n) is 14.4. The summed E-state index contributed by atoms with van der Waals surface area (Å²) in [6.07, 6.45) is 2.89. The molecule has 1 aromatic rings. The summed E-state index contributed by atoms with van der Waals surface area (Å²) in [6.45, 7) is 14.3. The Labute approximate surface area is 130 Å². The van der Waals surface area contributed by atoms with E-state index in [0.29, 0.717) is 5.41 Å². The molecule has 2 unspecified atom stereocenters. The lowest BCUT2D eigenvalue weighted by Gasteiger charge is -2.63. The molecule has 3 aliphatic rings. The second-order valence-corrected chi connectivity index (χ2v) is 8.07. The summed E-state index contributed by atoms with van der Waals surface area (Å²) in [7, 11) is 0. The maximum atomic E-state index is 2.73. The summed E-state index contributed by atoms with van der Waals surface area (Å²) < 4.78 is 0. The van der Waals surface area contributed by atoms with Gasteiger partial charge in [0.15, 0.2) is 0 Å². The summed E-state index contributed by atoms with van der Waals surface area (Å²) in [4.78, 5) is 2.73. The zero-order valence-corrected chi connectivity index (χ0v) is 14.4. The van der Waals surface area contributed by atoms with Crippen molar-refractivity contribution in [1.82, 2.24) is 4.90 Å². The first-order valence-electron chi connectivity index (χ1n) is 8.73. The lowest BCUT2D eigenvalue weighted by Crippen LogP contribution is -2.60. The Kier molecular flexibility index (Phi) is 3.90. The Morgan fingerprint density at radius 3 is 2.33 bits per heavy atom. The van der Waals surface area contributed by atoms with Gasteiger partial charge in [0.05, 0.1) is 0 Å². The van der Waals surface area contributed by atoms with Crippen LogP contribution in [0, 0.1) is 30.1 Å². The van der Waals surface area contributed by atoms with Gasteiger partial charge in [-0.1, -0.05) is 57.5 Å². The average Bonchev–Trinajstić information content (AvgIpc) is 2.46. The average molecular weight is 285 g/mol. The Morgan fingerprint density at radius 1 is 1.14 bits per heavy atom. The number of fused-ring (bicyclic) bond motifs is 2. The third-order valence-corrected chi connectivity index (χ3v) is 6.70. The minimum Gasteiger partial charge on any atom is -0.296 e. The Balaban J connectivity index is 1.71. The summed E-state index contributed by atoms with van der Waals surface area (Å²) in [6, 6.07) is 9.88. The lowest BCUT2D eigenvalue weighted by molar-refractivity contribution is -0.139. The van der Waals surface area contributed by atoms with Gasteiger partial charge in [0.25, 0.3) is 0 Å². The minimum atomic E-state index is 0.596. The van der Waals surface area contributed by atoms with E-state index < -0.39 is 0 Å². The van der Waals surface area contributed by atoms with Gasteiger partial charge in [0.2, 0.25) is 0 Å². The molecule has 3 fully saturated rings. The molecule has 0 aromatic heterocycles. The number of rotatable bonds is 4. The van der Waals surface area contributed by atoms with E-state index in [1.54, 1.807) is 0 Å². The topological polar surface area (TPSA) is 3.24 Å². The van der Waals surface area contributed by atoms with Crippen LogP contribution in [-0.4, -0.2) is 17.5 Å². The fourth-order valence-corrected chi connectivity index (χ4v) is 5.00. The second-order valence-electron chi connectivity index (χ2n) is 8.07. The van der Waals surface area contributed by atoms with Gasteiger partial charge in [-0.05, 0) is 55.0 Å². The number of nitrogens with zero attached hydrogens (tertiary/aromatic N) is 1. The Hall–Kier alpha value is -0.820. The molecule has 1 aromatic carbocycles. The van der Waals surface area contributed by atoms with Crippen LogP contribution < -0.4 is 0 Å². The highest BCUT2D eigenvalue weighted by Gasteiger charge is 2.56. The molecule has 4 atom stereocenters. The van der Waals surface area contributed by atoms with E-state index in [1.165, 1.54) is 30.5 Å². The van der Waals surface area contributed by atoms with Crippen LogP contribution >= 0.6 is 0 Å². The first-order valence-corrected chi connectivity index (χ1v) is 8.73. The molecule has 3 saturated carbocycles. The maximum absolute atomic E-state index is 2.73. The third-order valence-electron chi connectivity index (χ3n) is 6.70. The summed E-state index contributed by atoms with van der Waals surface area (Å²) in [5.74, 6) is 2.74. The molecule has 0 saturated heterocycles. The molecule has 0 amide bonds. The molecule has 0 heterocycles. The van der Waals surface area contributed by atoms with Crippen LogP contribution in [0.4, 0.5) is 0 Å². The summed E-state index contributed by atoms with van der Waals surface area (Å²) >= 11 is 0. The molecule has 2 bridgehead atoms. The number of hydrogen-bond donors (Lipinski definition) is 0. The smallest absolute Gasteiger partial charge is 0.0236 e. The molecule has 3 aliphatic carbocycles. The molecule has 4 rings (SSSR count). The van der Waals surface area contributed by atoms with Gasteiger partial charge in [-0.3, -0.25) is 4.90 Å². The van der Waals surface area contributed by atoms with Crippen molar-refractivity contribution >= 4 is 0 Å². The fourth-order valence-electron chi connectivity index (χ4n) is 5.00. The largest absolute Gasteiger partial charge is 0.296 e. The van der Waals surface area contributed by atoms with Crippen LogP contribution in [0.3, 0.4) is 0 Å². The van der Waals surface area contributed by atoms with E-state index in [2.05, 4.69) is 63.8 Å². The van der Waals surface area contributed by atoms with Gasteiger partial charge >= 0.3 is 0 Å². The normalized spacial score (nSPS) is 33.8. The van der Waals surface area contributed by atoms with Gasteiger partial charge in [-0.2, -0.15) is 0 Å². The fraction of sp³-hybridized carbons (Fsp3) is 0.700. The molecule has 0 spiro atoms. The zero-order chi connectivity index (χ0) is 15.2. The molecule has 116 valence electrons. The van der Waals surface area contributed by atoms with Crippen molar-refractivity contribution < 1.29 is 0 Å². The van der Waals surface area contributed by atoms with Crippen molar-refractivity contribution in [3.05, 3.63) is 35.4 Å². The molecular weight excluding hydrogens is 254 g/mol. The first kappa shape index (κ1) is 15.1. The predicted octanol–water partition coefficient (Wildman–Crippen LogP) is 4.89. The summed E-state index contributed by atoms with van der Waals surface area (Å²) in [5, 5.41) is 0. The van der Waals surface area contributed by atoms with Crippen molar-refractivity contribution in [3.63, 3.8) is 0 Å². The van der Waals surface area contributed by atoms with Crippen LogP contribution in [0.1, 0.15) is 51.7 Å². The molecular formula is C20H31N. The summed E-state index contributed by atoms with van der Waals surface area (Å²) in [5.41, 5.74) is 3.42. The lowest BCUT2D eigenvalue weighted by atomic mass is 9.44. The highest BCUT2D eigenvalue weighted by atomic mass is 15.2. The highest BCUT2D eigenvalue weighted by Crippen LogP contribution is 2.62. The van der Waals surface area contributed by atoms with Gasteiger partial charge in [-0.15, -0.1) is 0 Å². The monoisotopic (exact) mass is 285 g/mol. The second kappa shape index (κ2) is 5.43. The van der Waals surface area contributed by atoms with Crippen LogP contribution in [0.25, 0.3) is 0 Å². The van der Waals surface area contributed by atoms with Crippen molar-refractivity contribution in [1.29, 1.82) is 0 Å². The van der Waals surface area contributed by atoms with E-state index in [4.69, 9.17) is 0 Å². The van der Waals surface area contributed by atoms with Crippen LogP contribution in [0.15, 0.2) is 24.3 Å². The molecule has 0 aliphatic heterocycles. The van der Waals surface area contributed by atoms with Gasteiger partial charge in [0.1, 0.15) is 0 Å². The third kappa shape index (κ3) is 2.54. The van der Waals surface area contributed by atoms with Gasteiger partial charge in [-0.25, -0.2) is 0 Å². The number of aryl methyl sites for hydroxylation is 1. The SMILES string of the molecule is CCN(Cc1ccc(C)cc1)C1C[C@@H]2CC([C@H]1C)C2(C)C. The van der Waals surface area contributed by atoms with Crippen molar-refractivity contribution in [3.8, 4) is 0 Å². The number of hydrogen-bond acceptors (Lipinski definition) is 1. The van der Waals surface area contributed by atoms with Gasteiger partial charge < -0.3 is 0 Å². The first-order chi connectivity index (χ1) is 9.93. The quantitative estimate of drug-likeness (QED) is 0.761. The Bertz CT molecular complexity index is 487. The van der Waals surface area contributed by atoms with Crippen molar-refractivity contribution in [2.24, 2.45) is 23.2 Å². The van der Waals surface area contributed by atoms with E-state index in [1.807, 2.05) is 0 Å². The van der Waals surface area contributed by atoms with Crippen molar-refractivity contribution in [2.45, 2.75) is 60.0 Å². The minimum absolute atomic E-state index is 0.596. The van der Waals surface area contributed by atoms with Crippen LogP contribution in [0.2, 0.25) is 0 Å². The highest BCUT2D eigenvalue weighted by molar-refractivity contribution is 5.21. The maximum Gasteiger partial charge on any atom is 0.0236 e. The van der Waals surface area contributed by atoms with Crippen LogP contribution in [-0.2, 0) is 6.54 Å². The molecule has 0 N–H and O–H groups in total. The van der Waals surface area contributed by atoms with E-state index >= 15 is 0 Å². The van der Waals surface area contributed by atoms with Crippen LogP contribution in [0.5, 0.6) is 0 Å². The Morgan fingerprint density at radius 2 is 1.81 bits per heavy atom. The molecule has 0 radical (unpaired) electrons. The number of benzene rings is 1. The molecule has 1 nitrogen and oxygen atoms in total. The van der Waals surface area contributed by atoms with E-state index in [-0.39, 0.29) is 0 Å².